The van der Waals surface area contributed by atoms with Crippen LogP contribution in [0.15, 0.2) is 42.5 Å². The van der Waals surface area contributed by atoms with Crippen molar-refractivity contribution in [3.05, 3.63) is 48.0 Å². The number of halogens is 2. The zero-order valence-corrected chi connectivity index (χ0v) is 7.34. The molecular formula is C11H12F2. The van der Waals surface area contributed by atoms with Crippen molar-refractivity contribution >= 4 is 0 Å². The lowest BCUT2D eigenvalue weighted by molar-refractivity contribution is 0.185. The molecule has 0 aromatic heterocycles. The van der Waals surface area contributed by atoms with Gasteiger partial charge in [0.2, 0.25) is 0 Å². The first-order valence-electron chi connectivity index (χ1n) is 4.20. The fourth-order valence-corrected chi connectivity index (χ4v) is 1.06. The normalized spacial score (nSPS) is 10.4. The Labute approximate surface area is 76.9 Å². The number of allylic oxidation sites excluding steroid dienone is 1. The minimum absolute atomic E-state index is 0.0175. The van der Waals surface area contributed by atoms with Crippen LogP contribution < -0.4 is 0 Å². The molecular weight excluding hydrogens is 170 g/mol. The highest BCUT2D eigenvalue weighted by atomic mass is 19.3. The first-order valence-corrected chi connectivity index (χ1v) is 4.20. The predicted molar refractivity (Wildman–Crippen MR) is 49.9 cm³/mol. The lowest BCUT2D eigenvalue weighted by Crippen LogP contribution is -1.97. The quantitative estimate of drug-likeness (QED) is 0.626. The standard InChI is InChI=1S/C11H12F2/c1-9(11(12)13)7-8-10-5-3-2-4-6-10/h2-6,11H,1,7-8H2. The lowest BCUT2D eigenvalue weighted by Gasteiger charge is -2.03. The Morgan fingerprint density at radius 2 is 1.85 bits per heavy atom. The van der Waals surface area contributed by atoms with Crippen molar-refractivity contribution in [1.82, 2.24) is 0 Å². The van der Waals surface area contributed by atoms with Crippen molar-refractivity contribution in [3.63, 3.8) is 0 Å². The van der Waals surface area contributed by atoms with Crippen molar-refractivity contribution in [2.24, 2.45) is 0 Å². The third-order valence-electron chi connectivity index (χ3n) is 1.89. The van der Waals surface area contributed by atoms with E-state index in [1.165, 1.54) is 0 Å². The highest BCUT2D eigenvalue weighted by Crippen LogP contribution is 2.13. The monoisotopic (exact) mass is 182 g/mol. The van der Waals surface area contributed by atoms with Crippen molar-refractivity contribution < 1.29 is 8.78 Å². The maximum absolute atomic E-state index is 12.0. The Morgan fingerprint density at radius 3 is 2.38 bits per heavy atom. The summed E-state index contributed by atoms with van der Waals surface area (Å²) in [5, 5.41) is 0. The molecule has 0 aliphatic carbocycles. The molecule has 2 heteroatoms. The first kappa shape index (κ1) is 9.90. The molecule has 0 N–H and O–H groups in total. The molecule has 0 radical (unpaired) electrons. The number of rotatable bonds is 4. The summed E-state index contributed by atoms with van der Waals surface area (Å²) in [5.41, 5.74) is 1.09. The summed E-state index contributed by atoms with van der Waals surface area (Å²) in [6, 6.07) is 9.57. The van der Waals surface area contributed by atoms with E-state index in [2.05, 4.69) is 6.58 Å². The van der Waals surface area contributed by atoms with Crippen molar-refractivity contribution in [1.29, 1.82) is 0 Å². The minimum Gasteiger partial charge on any atom is -0.205 e. The van der Waals surface area contributed by atoms with Crippen LogP contribution in [-0.4, -0.2) is 6.43 Å². The molecule has 0 saturated carbocycles. The van der Waals surface area contributed by atoms with Crippen LogP contribution in [0, 0.1) is 0 Å². The SMILES string of the molecule is C=C(CCc1ccccc1)C(F)F. The number of alkyl halides is 2. The van der Waals surface area contributed by atoms with Gasteiger partial charge >= 0.3 is 0 Å². The summed E-state index contributed by atoms with van der Waals surface area (Å²) < 4.78 is 24.1. The summed E-state index contributed by atoms with van der Waals surface area (Å²) in [4.78, 5) is 0. The van der Waals surface area contributed by atoms with Gasteiger partial charge < -0.3 is 0 Å². The molecule has 0 atom stereocenters. The van der Waals surface area contributed by atoms with Crippen LogP contribution in [0.1, 0.15) is 12.0 Å². The number of hydrogen-bond acceptors (Lipinski definition) is 0. The van der Waals surface area contributed by atoms with E-state index in [0.29, 0.717) is 12.8 Å². The average molecular weight is 182 g/mol. The molecule has 13 heavy (non-hydrogen) atoms. The zero-order chi connectivity index (χ0) is 9.68. The summed E-state index contributed by atoms with van der Waals surface area (Å²) in [7, 11) is 0. The van der Waals surface area contributed by atoms with Gasteiger partial charge in [0.1, 0.15) is 0 Å². The van der Waals surface area contributed by atoms with Crippen molar-refractivity contribution in [2.45, 2.75) is 19.3 Å². The highest BCUT2D eigenvalue weighted by Gasteiger charge is 2.07. The fraction of sp³-hybridized carbons (Fsp3) is 0.273. The van der Waals surface area contributed by atoms with Gasteiger partial charge in [-0.3, -0.25) is 0 Å². The molecule has 0 saturated heterocycles. The number of aryl methyl sites for hydroxylation is 1. The molecule has 1 rings (SSSR count). The molecule has 0 heterocycles. The topological polar surface area (TPSA) is 0 Å². The minimum atomic E-state index is -2.39. The molecule has 0 amide bonds. The van der Waals surface area contributed by atoms with Gasteiger partial charge in [-0.25, -0.2) is 8.78 Å². The van der Waals surface area contributed by atoms with E-state index in [1.807, 2.05) is 30.3 Å². The highest BCUT2D eigenvalue weighted by molar-refractivity contribution is 5.16. The van der Waals surface area contributed by atoms with Crippen LogP contribution in [-0.2, 0) is 6.42 Å². The molecule has 1 aromatic carbocycles. The molecule has 0 nitrogen and oxygen atoms in total. The third-order valence-corrected chi connectivity index (χ3v) is 1.89. The fourth-order valence-electron chi connectivity index (χ4n) is 1.06. The number of hydrogen-bond donors (Lipinski definition) is 0. The molecule has 0 bridgehead atoms. The van der Waals surface area contributed by atoms with Gasteiger partial charge in [-0.1, -0.05) is 36.9 Å². The largest absolute Gasteiger partial charge is 0.259 e. The molecule has 0 spiro atoms. The van der Waals surface area contributed by atoms with Gasteiger partial charge in [0.25, 0.3) is 6.43 Å². The Bertz CT molecular complexity index is 265. The van der Waals surface area contributed by atoms with Crippen LogP contribution in [0.5, 0.6) is 0 Å². The lowest BCUT2D eigenvalue weighted by atomic mass is 10.1. The second kappa shape index (κ2) is 4.75. The van der Waals surface area contributed by atoms with Crippen LogP contribution in [0.3, 0.4) is 0 Å². The Morgan fingerprint density at radius 1 is 1.23 bits per heavy atom. The first-order chi connectivity index (χ1) is 6.20. The average Bonchev–Trinajstić information content (AvgIpc) is 2.15. The molecule has 0 aliphatic rings. The molecule has 0 fully saturated rings. The van der Waals surface area contributed by atoms with Crippen LogP contribution >= 0.6 is 0 Å². The van der Waals surface area contributed by atoms with Gasteiger partial charge in [-0.15, -0.1) is 0 Å². The summed E-state index contributed by atoms with van der Waals surface area (Å²) in [6.07, 6.45) is -1.38. The third kappa shape index (κ3) is 3.36. The van der Waals surface area contributed by atoms with E-state index in [1.54, 1.807) is 0 Å². The van der Waals surface area contributed by atoms with Gasteiger partial charge in [0.05, 0.1) is 0 Å². The zero-order valence-electron chi connectivity index (χ0n) is 7.34. The molecule has 0 aliphatic heterocycles. The van der Waals surface area contributed by atoms with E-state index in [0.717, 1.165) is 5.56 Å². The van der Waals surface area contributed by atoms with Gasteiger partial charge in [0.15, 0.2) is 0 Å². The summed E-state index contributed by atoms with van der Waals surface area (Å²) in [6.45, 7) is 3.32. The Hall–Kier alpha value is -1.18. The number of benzene rings is 1. The molecule has 70 valence electrons. The maximum atomic E-state index is 12.0. The van der Waals surface area contributed by atoms with E-state index >= 15 is 0 Å². The van der Waals surface area contributed by atoms with E-state index in [-0.39, 0.29) is 5.57 Å². The maximum Gasteiger partial charge on any atom is 0.259 e. The second-order valence-corrected chi connectivity index (χ2v) is 2.94. The van der Waals surface area contributed by atoms with Crippen molar-refractivity contribution in [3.8, 4) is 0 Å². The summed E-state index contributed by atoms with van der Waals surface area (Å²) >= 11 is 0. The Kier molecular flexibility index (Phi) is 3.62. The van der Waals surface area contributed by atoms with Gasteiger partial charge in [0, 0.05) is 0 Å². The van der Waals surface area contributed by atoms with Gasteiger partial charge in [-0.05, 0) is 24.0 Å². The summed E-state index contributed by atoms with van der Waals surface area (Å²) in [5.74, 6) is 0. The van der Waals surface area contributed by atoms with Crippen LogP contribution in [0.25, 0.3) is 0 Å². The Balaban J connectivity index is 2.40. The molecule has 0 unspecified atom stereocenters. The molecule has 1 aromatic rings. The second-order valence-electron chi connectivity index (χ2n) is 2.94. The van der Waals surface area contributed by atoms with Crippen molar-refractivity contribution in [2.75, 3.05) is 0 Å². The van der Waals surface area contributed by atoms with Crippen LogP contribution in [0.2, 0.25) is 0 Å². The van der Waals surface area contributed by atoms with Crippen LogP contribution in [0.4, 0.5) is 8.78 Å². The van der Waals surface area contributed by atoms with E-state index in [9.17, 15) is 8.78 Å². The van der Waals surface area contributed by atoms with E-state index in [4.69, 9.17) is 0 Å². The van der Waals surface area contributed by atoms with E-state index < -0.39 is 6.43 Å². The predicted octanol–water partition coefficient (Wildman–Crippen LogP) is 3.44. The van der Waals surface area contributed by atoms with Gasteiger partial charge in [-0.2, -0.15) is 0 Å². The smallest absolute Gasteiger partial charge is 0.205 e.